The van der Waals surface area contributed by atoms with E-state index >= 15 is 0 Å². The van der Waals surface area contributed by atoms with Gasteiger partial charge in [0.25, 0.3) is 5.91 Å². The van der Waals surface area contributed by atoms with Gasteiger partial charge in [0.05, 0.1) is 16.6 Å². The summed E-state index contributed by atoms with van der Waals surface area (Å²) in [7, 11) is 0. The summed E-state index contributed by atoms with van der Waals surface area (Å²) in [6.45, 7) is 1.29. The molecule has 1 fully saturated rings. The Morgan fingerprint density at radius 3 is 2.68 bits per heavy atom. The van der Waals surface area contributed by atoms with Crippen molar-refractivity contribution >= 4 is 27.8 Å². The van der Waals surface area contributed by atoms with E-state index in [1.807, 2.05) is 53.4 Å². The van der Waals surface area contributed by atoms with Crippen LogP contribution in [0, 0.1) is 0 Å². The van der Waals surface area contributed by atoms with E-state index in [-0.39, 0.29) is 17.4 Å². The zero-order valence-corrected chi connectivity index (χ0v) is 15.3. The van der Waals surface area contributed by atoms with Crippen LogP contribution in [0.5, 0.6) is 0 Å². The molecule has 2 N–H and O–H groups in total. The largest absolute Gasteiger partial charge is 0.342 e. The number of likely N-dealkylation sites (tertiary alicyclic amines) is 1. The second-order valence-electron chi connectivity index (χ2n) is 7.32. The molecule has 5 rings (SSSR count). The van der Waals surface area contributed by atoms with Crippen LogP contribution in [0.2, 0.25) is 0 Å². The van der Waals surface area contributed by atoms with Gasteiger partial charge in [-0.2, -0.15) is 0 Å². The third kappa shape index (κ3) is 2.87. The minimum atomic E-state index is -0.257. The number of nitrogens with one attached hydrogen (secondary N) is 2. The van der Waals surface area contributed by atoms with Crippen molar-refractivity contribution in [3.8, 4) is 0 Å². The minimum absolute atomic E-state index is 0.0943. The highest BCUT2D eigenvalue weighted by molar-refractivity contribution is 6.06. The van der Waals surface area contributed by atoms with E-state index in [0.717, 1.165) is 35.1 Å². The number of carbonyl (C=O) groups excluding carboxylic acids is 1. The van der Waals surface area contributed by atoms with Gasteiger partial charge in [-0.25, -0.2) is 4.98 Å². The molecule has 0 unspecified atom stereocenters. The lowest BCUT2D eigenvalue weighted by Crippen LogP contribution is -2.39. The summed E-state index contributed by atoms with van der Waals surface area (Å²) in [6, 6.07) is 16.8. The number of piperidine rings is 1. The van der Waals surface area contributed by atoms with Crippen LogP contribution < -0.4 is 5.56 Å². The summed E-state index contributed by atoms with van der Waals surface area (Å²) in [5.74, 6) is 0.996. The highest BCUT2D eigenvalue weighted by Crippen LogP contribution is 2.28. The zero-order chi connectivity index (χ0) is 19.1. The van der Waals surface area contributed by atoms with Crippen molar-refractivity contribution < 1.29 is 4.79 Å². The monoisotopic (exact) mass is 372 g/mol. The quantitative estimate of drug-likeness (QED) is 0.566. The van der Waals surface area contributed by atoms with E-state index in [2.05, 4.69) is 9.97 Å². The molecule has 1 aliphatic rings. The smallest absolute Gasteiger partial charge is 0.254 e. The number of aromatic amines is 2. The Labute approximate surface area is 161 Å². The van der Waals surface area contributed by atoms with Gasteiger partial charge in [0.2, 0.25) is 5.56 Å². The lowest BCUT2D eigenvalue weighted by Gasteiger charge is -2.32. The van der Waals surface area contributed by atoms with Crippen LogP contribution in [0.25, 0.3) is 21.9 Å². The molecule has 2 aromatic heterocycles. The minimum Gasteiger partial charge on any atom is -0.342 e. The Balaban J connectivity index is 1.47. The summed E-state index contributed by atoms with van der Waals surface area (Å²) < 4.78 is 0. The number of fused-ring (bicyclic) bond motifs is 2. The maximum absolute atomic E-state index is 13.3. The summed E-state index contributed by atoms with van der Waals surface area (Å²) in [5.41, 5.74) is 2.85. The van der Waals surface area contributed by atoms with Crippen molar-refractivity contribution in [3.05, 3.63) is 76.3 Å². The molecule has 0 saturated carbocycles. The Hall–Kier alpha value is -3.41. The number of benzene rings is 2. The second-order valence-corrected chi connectivity index (χ2v) is 7.32. The number of pyridine rings is 1. The first kappa shape index (κ1) is 16.7. The number of amides is 1. The van der Waals surface area contributed by atoms with Crippen LogP contribution in [-0.2, 0) is 0 Å². The summed E-state index contributed by atoms with van der Waals surface area (Å²) in [4.78, 5) is 38.1. The van der Waals surface area contributed by atoms with E-state index in [1.54, 1.807) is 0 Å². The molecule has 4 aromatic rings. The lowest BCUT2D eigenvalue weighted by molar-refractivity contribution is 0.0706. The highest BCUT2D eigenvalue weighted by atomic mass is 16.2. The molecular formula is C22H20N4O2. The standard InChI is InChI=1S/C22H20N4O2/c27-20-12-16(15-7-1-2-8-17(15)23-20)22(28)26-11-5-6-14(13-26)21-24-18-9-3-4-10-19(18)25-21/h1-4,7-10,12,14H,5-6,11,13H2,(H,23,27)(H,24,25)/t14-/m1/s1. The number of imidazole rings is 1. The van der Waals surface area contributed by atoms with Crippen molar-refractivity contribution in [2.75, 3.05) is 13.1 Å². The highest BCUT2D eigenvalue weighted by Gasteiger charge is 2.28. The number of carbonyl (C=O) groups is 1. The van der Waals surface area contributed by atoms with Crippen LogP contribution in [0.4, 0.5) is 0 Å². The number of hydrogen-bond donors (Lipinski definition) is 2. The van der Waals surface area contributed by atoms with Gasteiger partial charge in [0.1, 0.15) is 5.82 Å². The SMILES string of the molecule is O=C(c1cc(=O)[nH]c2ccccc12)N1CCC[C@@H](c2nc3ccccc3[nH]2)C1. The van der Waals surface area contributed by atoms with E-state index in [9.17, 15) is 9.59 Å². The first-order chi connectivity index (χ1) is 13.7. The lowest BCUT2D eigenvalue weighted by atomic mass is 9.96. The van der Waals surface area contributed by atoms with Gasteiger partial charge in [0, 0.05) is 36.0 Å². The maximum atomic E-state index is 13.3. The summed E-state index contributed by atoms with van der Waals surface area (Å²) >= 11 is 0. The fourth-order valence-corrected chi connectivity index (χ4v) is 4.10. The number of nitrogens with zero attached hydrogens (tertiary/aromatic N) is 2. The predicted octanol–water partition coefficient (Wildman–Crippen LogP) is 3.42. The molecule has 1 atom stereocenters. The second kappa shape index (κ2) is 6.64. The summed E-state index contributed by atoms with van der Waals surface area (Å²) in [5, 5.41) is 0.776. The maximum Gasteiger partial charge on any atom is 0.254 e. The normalized spacial score (nSPS) is 17.3. The van der Waals surface area contributed by atoms with E-state index in [4.69, 9.17) is 4.98 Å². The molecule has 1 saturated heterocycles. The van der Waals surface area contributed by atoms with Crippen molar-refractivity contribution in [1.82, 2.24) is 19.9 Å². The average Bonchev–Trinajstić information content (AvgIpc) is 3.17. The number of aromatic nitrogens is 3. The van der Waals surface area contributed by atoms with Gasteiger partial charge in [-0.15, -0.1) is 0 Å². The van der Waals surface area contributed by atoms with Gasteiger partial charge in [-0.3, -0.25) is 9.59 Å². The van der Waals surface area contributed by atoms with Gasteiger partial charge in [0.15, 0.2) is 0 Å². The first-order valence-corrected chi connectivity index (χ1v) is 9.55. The van der Waals surface area contributed by atoms with E-state index in [1.165, 1.54) is 6.07 Å². The number of rotatable bonds is 2. The predicted molar refractivity (Wildman–Crippen MR) is 109 cm³/mol. The number of H-pyrrole nitrogens is 2. The number of para-hydroxylation sites is 3. The molecule has 0 radical (unpaired) electrons. The molecular weight excluding hydrogens is 352 g/mol. The first-order valence-electron chi connectivity index (χ1n) is 9.55. The Kier molecular flexibility index (Phi) is 3.97. The average molecular weight is 372 g/mol. The zero-order valence-electron chi connectivity index (χ0n) is 15.3. The van der Waals surface area contributed by atoms with Crippen molar-refractivity contribution in [2.45, 2.75) is 18.8 Å². The van der Waals surface area contributed by atoms with Crippen molar-refractivity contribution in [2.24, 2.45) is 0 Å². The molecule has 6 heteroatoms. The molecule has 28 heavy (non-hydrogen) atoms. The molecule has 3 heterocycles. The van der Waals surface area contributed by atoms with Gasteiger partial charge in [-0.1, -0.05) is 30.3 Å². The van der Waals surface area contributed by atoms with Crippen LogP contribution >= 0.6 is 0 Å². The molecule has 140 valence electrons. The molecule has 0 spiro atoms. The molecule has 1 amide bonds. The van der Waals surface area contributed by atoms with Crippen molar-refractivity contribution in [3.63, 3.8) is 0 Å². The van der Waals surface area contributed by atoms with Crippen LogP contribution in [0.3, 0.4) is 0 Å². The Morgan fingerprint density at radius 2 is 1.82 bits per heavy atom. The summed E-state index contributed by atoms with van der Waals surface area (Å²) in [6.07, 6.45) is 1.90. The van der Waals surface area contributed by atoms with Crippen molar-refractivity contribution in [1.29, 1.82) is 0 Å². The van der Waals surface area contributed by atoms with Gasteiger partial charge < -0.3 is 14.9 Å². The van der Waals surface area contributed by atoms with E-state index < -0.39 is 0 Å². The molecule has 0 aliphatic carbocycles. The molecule has 6 nitrogen and oxygen atoms in total. The topological polar surface area (TPSA) is 81.8 Å². The van der Waals surface area contributed by atoms with Crippen LogP contribution in [-0.4, -0.2) is 38.8 Å². The van der Waals surface area contributed by atoms with Gasteiger partial charge in [-0.05, 0) is 31.0 Å². The third-order valence-electron chi connectivity index (χ3n) is 5.48. The van der Waals surface area contributed by atoms with E-state index in [0.29, 0.717) is 24.2 Å². The third-order valence-corrected chi connectivity index (χ3v) is 5.48. The fourth-order valence-electron chi connectivity index (χ4n) is 4.10. The Morgan fingerprint density at radius 1 is 1.04 bits per heavy atom. The van der Waals surface area contributed by atoms with Crippen LogP contribution in [0.15, 0.2) is 59.4 Å². The number of hydrogen-bond acceptors (Lipinski definition) is 3. The molecule has 1 aliphatic heterocycles. The fraction of sp³-hybridized carbons (Fsp3) is 0.227. The molecule has 2 aromatic carbocycles. The van der Waals surface area contributed by atoms with Gasteiger partial charge >= 0.3 is 0 Å². The Bertz CT molecular complexity index is 1210. The van der Waals surface area contributed by atoms with Crippen LogP contribution in [0.1, 0.15) is 34.9 Å². The molecule has 0 bridgehead atoms.